The number of rotatable bonds is 9. The number of ether oxygens (including phenoxy) is 1. The molecule has 9 nitrogen and oxygen atoms in total. The monoisotopic (exact) mass is 383 g/mol. The normalized spacial score (nSPS) is 13.3. The molecule has 0 fully saturated rings. The minimum Gasteiger partial charge on any atom is -0.390 e. The summed E-state index contributed by atoms with van der Waals surface area (Å²) in [4.78, 5) is 36.2. The molecule has 1 rings (SSSR count). The molecule has 1 amide bonds. The van der Waals surface area contributed by atoms with Crippen LogP contribution < -0.4 is 10.0 Å². The van der Waals surface area contributed by atoms with Crippen LogP contribution >= 0.6 is 0 Å². The number of carbonyl (C=O) groups excluding carboxylic acids is 3. The summed E-state index contributed by atoms with van der Waals surface area (Å²) in [6.45, 7) is 2.97. The molecule has 1 aromatic rings. The largest absolute Gasteiger partial charge is 0.390 e. The van der Waals surface area contributed by atoms with Gasteiger partial charge in [-0.2, -0.15) is 4.72 Å². The van der Waals surface area contributed by atoms with Gasteiger partial charge in [0.2, 0.25) is 10.0 Å². The van der Waals surface area contributed by atoms with E-state index in [0.29, 0.717) is 0 Å². The molecule has 10 heteroatoms. The minimum atomic E-state index is -3.88. The number of carbonyl (C=O) groups is 3. The molecule has 0 bridgehead atoms. The van der Waals surface area contributed by atoms with Crippen molar-refractivity contribution in [2.45, 2.75) is 26.4 Å². The van der Waals surface area contributed by atoms with Crippen molar-refractivity contribution in [1.29, 1.82) is 5.41 Å². The third kappa shape index (κ3) is 6.37. The van der Waals surface area contributed by atoms with Crippen LogP contribution in [0.4, 0.5) is 0 Å². The highest BCUT2D eigenvalue weighted by atomic mass is 32.2. The lowest BCUT2D eigenvalue weighted by Gasteiger charge is -2.19. The molecule has 26 heavy (non-hydrogen) atoms. The van der Waals surface area contributed by atoms with E-state index in [9.17, 15) is 22.8 Å². The molecule has 0 aliphatic rings. The van der Waals surface area contributed by atoms with Crippen molar-refractivity contribution in [3.8, 4) is 0 Å². The number of hydrogen-bond acceptors (Lipinski definition) is 7. The standard InChI is InChI=1S/C16H21N3O6S/c1-3-11(10-17)15(21)25-16(22)13(19-26(23,24)4-2)18-14(20)12-8-6-5-7-9-12/h5-11,13,17,19H,3-4H2,1-2H3,(H,18,20). The molecular weight excluding hydrogens is 362 g/mol. The predicted molar refractivity (Wildman–Crippen MR) is 94.0 cm³/mol. The smallest absolute Gasteiger partial charge is 0.352 e. The van der Waals surface area contributed by atoms with Crippen molar-refractivity contribution in [1.82, 2.24) is 10.0 Å². The molecule has 142 valence electrons. The molecule has 2 unspecified atom stereocenters. The van der Waals surface area contributed by atoms with Gasteiger partial charge < -0.3 is 15.5 Å². The first kappa shape index (κ1) is 21.5. The lowest BCUT2D eigenvalue weighted by molar-refractivity contribution is -0.162. The van der Waals surface area contributed by atoms with Crippen LogP contribution in [0.25, 0.3) is 0 Å². The van der Waals surface area contributed by atoms with Crippen molar-refractivity contribution in [2.24, 2.45) is 5.92 Å². The van der Waals surface area contributed by atoms with Crippen LogP contribution in [0.3, 0.4) is 0 Å². The Morgan fingerprint density at radius 2 is 1.77 bits per heavy atom. The van der Waals surface area contributed by atoms with Gasteiger partial charge in [0.1, 0.15) is 0 Å². The zero-order valence-electron chi connectivity index (χ0n) is 14.4. The number of esters is 2. The van der Waals surface area contributed by atoms with Gasteiger partial charge in [-0.15, -0.1) is 0 Å². The summed E-state index contributed by atoms with van der Waals surface area (Å²) >= 11 is 0. The van der Waals surface area contributed by atoms with E-state index in [-0.39, 0.29) is 17.7 Å². The molecule has 0 saturated heterocycles. The third-order valence-corrected chi connectivity index (χ3v) is 4.72. The van der Waals surface area contributed by atoms with E-state index in [1.165, 1.54) is 19.1 Å². The highest BCUT2D eigenvalue weighted by Gasteiger charge is 2.30. The fraction of sp³-hybridized carbons (Fsp3) is 0.375. The number of amides is 1. The van der Waals surface area contributed by atoms with Gasteiger partial charge in [-0.3, -0.25) is 9.59 Å². The maximum absolute atomic E-state index is 12.2. The van der Waals surface area contributed by atoms with Gasteiger partial charge in [0.15, 0.2) is 6.17 Å². The van der Waals surface area contributed by atoms with Crippen LogP contribution in [-0.2, 0) is 24.3 Å². The Kier molecular flexibility index (Phi) is 8.07. The Morgan fingerprint density at radius 1 is 1.15 bits per heavy atom. The summed E-state index contributed by atoms with van der Waals surface area (Å²) in [5, 5.41) is 9.31. The first-order valence-corrected chi connectivity index (χ1v) is 9.51. The van der Waals surface area contributed by atoms with Gasteiger partial charge in [0.25, 0.3) is 5.91 Å². The van der Waals surface area contributed by atoms with Crippen LogP contribution in [0.2, 0.25) is 0 Å². The summed E-state index contributed by atoms with van der Waals surface area (Å²) in [5.74, 6) is -4.28. The lowest BCUT2D eigenvalue weighted by Crippen LogP contribution is -2.54. The third-order valence-electron chi connectivity index (χ3n) is 3.37. The number of nitrogens with one attached hydrogen (secondary N) is 3. The Balaban J connectivity index is 2.97. The van der Waals surface area contributed by atoms with E-state index in [2.05, 4.69) is 10.1 Å². The van der Waals surface area contributed by atoms with E-state index >= 15 is 0 Å². The molecule has 0 radical (unpaired) electrons. The van der Waals surface area contributed by atoms with Crippen LogP contribution in [0.1, 0.15) is 30.6 Å². The molecule has 2 atom stereocenters. The van der Waals surface area contributed by atoms with Crippen LogP contribution in [0.5, 0.6) is 0 Å². The van der Waals surface area contributed by atoms with Crippen molar-refractivity contribution in [3.63, 3.8) is 0 Å². The summed E-state index contributed by atoms with van der Waals surface area (Å²) in [6.07, 6.45) is -0.722. The Hall–Kier alpha value is -2.59. The summed E-state index contributed by atoms with van der Waals surface area (Å²) in [7, 11) is -3.88. The topological polar surface area (TPSA) is 142 Å². The molecule has 0 saturated carbocycles. The fourth-order valence-corrected chi connectivity index (χ4v) is 2.47. The SMILES string of the molecule is CCC(C=N)C(=O)OC(=O)C(NC(=O)c1ccccc1)NS(=O)(=O)CC. The molecular formula is C16H21N3O6S. The number of sulfonamides is 1. The van der Waals surface area contributed by atoms with Crippen LogP contribution in [0.15, 0.2) is 30.3 Å². The second-order valence-corrected chi connectivity index (χ2v) is 7.26. The van der Waals surface area contributed by atoms with Gasteiger partial charge >= 0.3 is 11.9 Å². The van der Waals surface area contributed by atoms with E-state index < -0.39 is 40.0 Å². The van der Waals surface area contributed by atoms with Gasteiger partial charge in [0.05, 0.1) is 11.7 Å². The Morgan fingerprint density at radius 3 is 2.27 bits per heavy atom. The molecule has 0 aliphatic carbocycles. The quantitative estimate of drug-likeness (QED) is 0.244. The van der Waals surface area contributed by atoms with Crippen molar-refractivity contribution in [3.05, 3.63) is 35.9 Å². The first-order valence-electron chi connectivity index (χ1n) is 7.86. The van der Waals surface area contributed by atoms with Crippen molar-refractivity contribution >= 4 is 34.1 Å². The Labute approximate surface area is 151 Å². The van der Waals surface area contributed by atoms with Gasteiger partial charge in [-0.05, 0) is 25.5 Å². The van der Waals surface area contributed by atoms with Crippen LogP contribution in [-0.4, -0.2) is 44.4 Å². The summed E-state index contributed by atoms with van der Waals surface area (Å²) in [6, 6.07) is 7.82. The molecule has 3 N–H and O–H groups in total. The second-order valence-electron chi connectivity index (χ2n) is 5.22. The van der Waals surface area contributed by atoms with E-state index in [1.807, 2.05) is 4.72 Å². The maximum atomic E-state index is 12.2. The first-order chi connectivity index (χ1) is 12.2. The zero-order chi connectivity index (χ0) is 19.7. The van der Waals surface area contributed by atoms with Crippen LogP contribution in [0, 0.1) is 11.3 Å². The summed E-state index contributed by atoms with van der Waals surface area (Å²) < 4.78 is 30.1. The Bertz CT molecular complexity index is 763. The minimum absolute atomic E-state index is 0.193. The highest BCUT2D eigenvalue weighted by Crippen LogP contribution is 2.04. The molecule has 0 aliphatic heterocycles. The van der Waals surface area contributed by atoms with E-state index in [1.54, 1.807) is 25.1 Å². The van der Waals surface area contributed by atoms with Crippen molar-refractivity contribution in [2.75, 3.05) is 5.75 Å². The molecule has 1 aromatic carbocycles. The second kappa shape index (κ2) is 9.78. The molecule has 0 spiro atoms. The predicted octanol–water partition coefficient (Wildman–Crippen LogP) is 0.427. The van der Waals surface area contributed by atoms with Crippen molar-refractivity contribution < 1.29 is 27.5 Å². The van der Waals surface area contributed by atoms with Gasteiger partial charge in [0, 0.05) is 11.8 Å². The van der Waals surface area contributed by atoms with E-state index in [0.717, 1.165) is 6.21 Å². The van der Waals surface area contributed by atoms with Gasteiger partial charge in [-0.25, -0.2) is 13.2 Å². The maximum Gasteiger partial charge on any atom is 0.352 e. The molecule has 0 aromatic heterocycles. The fourth-order valence-electron chi connectivity index (χ4n) is 1.79. The number of hydrogen-bond donors (Lipinski definition) is 3. The lowest BCUT2D eigenvalue weighted by atomic mass is 10.1. The molecule has 0 heterocycles. The average Bonchev–Trinajstić information content (AvgIpc) is 2.62. The highest BCUT2D eigenvalue weighted by molar-refractivity contribution is 7.89. The number of benzene rings is 1. The average molecular weight is 383 g/mol. The van der Waals surface area contributed by atoms with E-state index in [4.69, 9.17) is 5.41 Å². The zero-order valence-corrected chi connectivity index (χ0v) is 15.2. The van der Waals surface area contributed by atoms with Gasteiger partial charge in [-0.1, -0.05) is 25.1 Å². The summed E-state index contributed by atoms with van der Waals surface area (Å²) in [5.41, 5.74) is 0.193.